The topological polar surface area (TPSA) is 101 Å². The fraction of sp³-hybridized carbons (Fsp3) is 0.250. The third-order valence-electron chi connectivity index (χ3n) is 5.21. The first-order valence-electron chi connectivity index (χ1n) is 9.14. The molecule has 0 saturated carbocycles. The maximum Gasteiger partial charge on any atom is 0.341 e. The fourth-order valence-electron chi connectivity index (χ4n) is 3.81. The highest BCUT2D eigenvalue weighted by atomic mass is 35.5. The molecule has 1 aliphatic rings. The van der Waals surface area contributed by atoms with Gasteiger partial charge in [-0.25, -0.2) is 22.9 Å². The first kappa shape index (κ1) is 22.6. The van der Waals surface area contributed by atoms with Crippen molar-refractivity contribution in [3.05, 3.63) is 63.8 Å². The van der Waals surface area contributed by atoms with Gasteiger partial charge in [0.1, 0.15) is 22.8 Å². The largest absolute Gasteiger partial charge is 0.477 e. The Kier molecular flexibility index (Phi) is 5.97. The summed E-state index contributed by atoms with van der Waals surface area (Å²) in [5.74, 6) is -4.30. The standard InChI is InChI=1S/C20H17F3N4O3.ClH/c1-9-4-11(24)7-26(9)18-16(23)8-27-17(25-18)13(6-14(19(27)28)20(29)30)12-3-2-10(21)5-15(12)22;/h2-3,5-6,8-9,11H,4,7,24H2,1H3,(H,29,30);1H/t9-,11-;/m0./s1. The zero-order valence-electron chi connectivity index (χ0n) is 16.2. The van der Waals surface area contributed by atoms with E-state index in [4.69, 9.17) is 5.73 Å². The monoisotopic (exact) mass is 454 g/mol. The van der Waals surface area contributed by atoms with Gasteiger partial charge in [-0.3, -0.25) is 9.20 Å². The van der Waals surface area contributed by atoms with Crippen molar-refractivity contribution in [3.8, 4) is 11.1 Å². The summed E-state index contributed by atoms with van der Waals surface area (Å²) in [6.07, 6.45) is 1.43. The second-order valence-electron chi connectivity index (χ2n) is 7.31. The average Bonchev–Trinajstić information content (AvgIpc) is 3.00. The Morgan fingerprint density at radius 3 is 2.48 bits per heavy atom. The summed E-state index contributed by atoms with van der Waals surface area (Å²) >= 11 is 0. The Morgan fingerprint density at radius 1 is 1.19 bits per heavy atom. The van der Waals surface area contributed by atoms with Gasteiger partial charge in [0.05, 0.1) is 6.20 Å². The molecule has 1 aromatic carbocycles. The van der Waals surface area contributed by atoms with Gasteiger partial charge in [-0.1, -0.05) is 0 Å². The molecule has 0 radical (unpaired) electrons. The second-order valence-corrected chi connectivity index (χ2v) is 7.31. The lowest BCUT2D eigenvalue weighted by molar-refractivity contribution is 0.0694. The molecule has 4 rings (SSSR count). The second kappa shape index (κ2) is 8.20. The van der Waals surface area contributed by atoms with E-state index in [0.29, 0.717) is 19.0 Å². The van der Waals surface area contributed by atoms with E-state index in [2.05, 4.69) is 4.98 Å². The van der Waals surface area contributed by atoms with Gasteiger partial charge in [0, 0.05) is 35.8 Å². The summed E-state index contributed by atoms with van der Waals surface area (Å²) in [6.45, 7) is 2.18. The number of nitrogens with two attached hydrogens (primary N) is 1. The van der Waals surface area contributed by atoms with Gasteiger partial charge >= 0.3 is 5.97 Å². The van der Waals surface area contributed by atoms with Crippen molar-refractivity contribution < 1.29 is 23.1 Å². The van der Waals surface area contributed by atoms with Crippen molar-refractivity contribution in [1.82, 2.24) is 9.38 Å². The lowest BCUT2D eigenvalue weighted by atomic mass is 10.0. The molecule has 3 heterocycles. The molecule has 0 spiro atoms. The van der Waals surface area contributed by atoms with Crippen LogP contribution in [0.1, 0.15) is 23.7 Å². The van der Waals surface area contributed by atoms with Gasteiger partial charge in [0.25, 0.3) is 5.56 Å². The van der Waals surface area contributed by atoms with Crippen molar-refractivity contribution in [2.45, 2.75) is 25.4 Å². The number of fused-ring (bicyclic) bond motifs is 1. The third kappa shape index (κ3) is 3.84. The number of carboxylic acid groups (broad SMARTS) is 1. The van der Waals surface area contributed by atoms with Gasteiger partial charge in [0.15, 0.2) is 11.6 Å². The first-order chi connectivity index (χ1) is 14.2. The van der Waals surface area contributed by atoms with Crippen molar-refractivity contribution in [2.75, 3.05) is 11.4 Å². The minimum absolute atomic E-state index is 0. The molecule has 2 aromatic heterocycles. The number of hydrogen-bond acceptors (Lipinski definition) is 5. The Labute approximate surface area is 180 Å². The normalized spacial score (nSPS) is 18.3. The number of halogens is 4. The van der Waals surface area contributed by atoms with E-state index in [1.165, 1.54) is 0 Å². The number of benzene rings is 1. The van der Waals surface area contributed by atoms with E-state index in [1.807, 2.05) is 6.92 Å². The number of pyridine rings is 1. The lowest BCUT2D eigenvalue weighted by Gasteiger charge is -2.23. The molecule has 1 fully saturated rings. The molecule has 1 aliphatic heterocycles. The molecule has 1 saturated heterocycles. The molecule has 0 unspecified atom stereocenters. The van der Waals surface area contributed by atoms with Crippen molar-refractivity contribution in [3.63, 3.8) is 0 Å². The van der Waals surface area contributed by atoms with Crippen LogP contribution in [-0.4, -0.2) is 39.1 Å². The van der Waals surface area contributed by atoms with Crippen LogP contribution in [0.3, 0.4) is 0 Å². The van der Waals surface area contributed by atoms with E-state index < -0.39 is 34.5 Å². The van der Waals surface area contributed by atoms with Crippen LogP contribution < -0.4 is 16.2 Å². The third-order valence-corrected chi connectivity index (χ3v) is 5.21. The zero-order valence-corrected chi connectivity index (χ0v) is 17.0. The number of aromatic carboxylic acids is 1. The van der Waals surface area contributed by atoms with Crippen LogP contribution in [0.5, 0.6) is 0 Å². The highest BCUT2D eigenvalue weighted by Crippen LogP contribution is 2.31. The summed E-state index contributed by atoms with van der Waals surface area (Å²) in [5.41, 5.74) is 3.82. The van der Waals surface area contributed by atoms with Gasteiger partial charge in [-0.05, 0) is 31.5 Å². The van der Waals surface area contributed by atoms with Crippen LogP contribution in [0.25, 0.3) is 16.8 Å². The summed E-state index contributed by atoms with van der Waals surface area (Å²) in [4.78, 5) is 30.0. The summed E-state index contributed by atoms with van der Waals surface area (Å²) < 4.78 is 43.5. The SMILES string of the molecule is C[C@H]1C[C@H](N)CN1c1nc2c(-c3ccc(F)cc3F)cc(C(=O)O)c(=O)n2cc1F.Cl. The summed E-state index contributed by atoms with van der Waals surface area (Å²) in [5, 5.41) is 9.37. The van der Waals surface area contributed by atoms with E-state index in [0.717, 1.165) is 28.8 Å². The van der Waals surface area contributed by atoms with Gasteiger partial charge < -0.3 is 15.7 Å². The van der Waals surface area contributed by atoms with E-state index in [-0.39, 0.29) is 47.1 Å². The molecule has 31 heavy (non-hydrogen) atoms. The Morgan fingerprint density at radius 2 is 1.90 bits per heavy atom. The molecule has 0 bridgehead atoms. The van der Waals surface area contributed by atoms with Gasteiger partial charge in [-0.15, -0.1) is 12.4 Å². The predicted octanol–water partition coefficient (Wildman–Crippen LogP) is 2.82. The smallest absolute Gasteiger partial charge is 0.341 e. The van der Waals surface area contributed by atoms with Crippen molar-refractivity contribution in [1.29, 1.82) is 0 Å². The highest BCUT2D eigenvalue weighted by Gasteiger charge is 2.30. The van der Waals surface area contributed by atoms with Crippen molar-refractivity contribution >= 4 is 29.8 Å². The van der Waals surface area contributed by atoms with E-state index >= 15 is 0 Å². The molecular weight excluding hydrogens is 437 g/mol. The lowest BCUT2D eigenvalue weighted by Crippen LogP contribution is -2.32. The van der Waals surface area contributed by atoms with Crippen LogP contribution in [-0.2, 0) is 0 Å². The summed E-state index contributed by atoms with van der Waals surface area (Å²) in [7, 11) is 0. The molecule has 0 aliphatic carbocycles. The number of aromatic nitrogens is 2. The molecule has 164 valence electrons. The summed E-state index contributed by atoms with van der Waals surface area (Å²) in [6, 6.07) is 3.37. The number of nitrogens with zero attached hydrogens (tertiary/aromatic N) is 3. The molecule has 7 nitrogen and oxygen atoms in total. The van der Waals surface area contributed by atoms with Gasteiger partial charge in [-0.2, -0.15) is 0 Å². The van der Waals surface area contributed by atoms with E-state index in [1.54, 1.807) is 4.90 Å². The minimum atomic E-state index is -1.57. The zero-order chi connectivity index (χ0) is 21.7. The molecule has 3 N–H and O–H groups in total. The minimum Gasteiger partial charge on any atom is -0.477 e. The molecule has 3 aromatic rings. The predicted molar refractivity (Wildman–Crippen MR) is 110 cm³/mol. The Balaban J connectivity index is 0.00000272. The molecular formula is C20H18ClF3N4O3. The maximum atomic E-state index is 14.9. The Hall–Kier alpha value is -3.11. The van der Waals surface area contributed by atoms with Crippen LogP contribution in [0.2, 0.25) is 0 Å². The van der Waals surface area contributed by atoms with Crippen molar-refractivity contribution in [2.24, 2.45) is 5.73 Å². The fourth-order valence-corrected chi connectivity index (χ4v) is 3.81. The number of anilines is 1. The quantitative estimate of drug-likeness (QED) is 0.631. The molecule has 0 amide bonds. The Bertz CT molecular complexity index is 1250. The van der Waals surface area contributed by atoms with E-state index in [9.17, 15) is 27.9 Å². The van der Waals surface area contributed by atoms with Crippen LogP contribution >= 0.6 is 12.4 Å². The number of rotatable bonds is 3. The first-order valence-corrected chi connectivity index (χ1v) is 9.14. The van der Waals surface area contributed by atoms with Crippen LogP contribution in [0.4, 0.5) is 19.0 Å². The maximum absolute atomic E-state index is 14.9. The molecule has 2 atom stereocenters. The van der Waals surface area contributed by atoms with Gasteiger partial charge in [0.2, 0.25) is 0 Å². The number of carboxylic acids is 1. The van der Waals surface area contributed by atoms with Crippen LogP contribution in [0.15, 0.2) is 35.3 Å². The highest BCUT2D eigenvalue weighted by molar-refractivity contribution is 5.91. The number of hydrogen-bond donors (Lipinski definition) is 2. The van der Waals surface area contributed by atoms with Crippen LogP contribution in [0, 0.1) is 17.5 Å². The number of carbonyl (C=O) groups is 1. The average molecular weight is 455 g/mol. The molecule has 11 heteroatoms.